The molecule has 2 nitrogen and oxygen atoms in total. The molecular weight excluding hydrogens is 232 g/mol. The first-order valence-corrected chi connectivity index (χ1v) is 8.35. The van der Waals surface area contributed by atoms with Gasteiger partial charge in [-0.3, -0.25) is 0 Å². The molecular formula is C17H32N2. The molecule has 19 heavy (non-hydrogen) atoms. The van der Waals surface area contributed by atoms with Crippen molar-refractivity contribution >= 4 is 0 Å². The van der Waals surface area contributed by atoms with Crippen LogP contribution < -0.4 is 0 Å². The summed E-state index contributed by atoms with van der Waals surface area (Å²) in [6.07, 6.45) is 18.8. The lowest BCUT2D eigenvalue weighted by Crippen LogP contribution is -2.04. The molecule has 2 heteroatoms. The highest BCUT2D eigenvalue weighted by Gasteiger charge is 2.09. The molecule has 0 saturated heterocycles. The van der Waals surface area contributed by atoms with Crippen molar-refractivity contribution in [1.29, 1.82) is 0 Å². The third kappa shape index (κ3) is 8.07. The van der Waals surface area contributed by atoms with Gasteiger partial charge in [0.1, 0.15) is 5.82 Å². The van der Waals surface area contributed by atoms with E-state index < -0.39 is 0 Å². The van der Waals surface area contributed by atoms with Gasteiger partial charge in [-0.05, 0) is 12.3 Å². The number of aryl methyl sites for hydroxylation is 1. The second kappa shape index (κ2) is 11.1. The number of aromatic amines is 1. The number of rotatable bonds is 12. The van der Waals surface area contributed by atoms with Gasteiger partial charge in [0.25, 0.3) is 0 Å². The first kappa shape index (κ1) is 16.3. The molecule has 1 heterocycles. The minimum absolute atomic E-state index is 0.909. The summed E-state index contributed by atoms with van der Waals surface area (Å²) in [6, 6.07) is 0. The number of nitrogens with one attached hydrogen (secondary N) is 1. The molecule has 110 valence electrons. The van der Waals surface area contributed by atoms with Gasteiger partial charge in [0.15, 0.2) is 0 Å². The van der Waals surface area contributed by atoms with Crippen molar-refractivity contribution in [2.45, 2.75) is 84.5 Å². The van der Waals surface area contributed by atoms with Gasteiger partial charge in [-0.1, -0.05) is 71.6 Å². The van der Waals surface area contributed by atoms with Crippen LogP contribution in [0, 0.1) is 5.92 Å². The predicted octanol–water partition coefficient (Wildman–Crippen LogP) is 5.51. The average Bonchev–Trinajstić information content (AvgIpc) is 2.94. The fourth-order valence-electron chi connectivity index (χ4n) is 2.74. The molecule has 0 amide bonds. The van der Waals surface area contributed by atoms with Crippen LogP contribution in [0.2, 0.25) is 0 Å². The van der Waals surface area contributed by atoms with Crippen LogP contribution in [0.4, 0.5) is 0 Å². The van der Waals surface area contributed by atoms with Crippen LogP contribution in [0.3, 0.4) is 0 Å². The highest BCUT2D eigenvalue weighted by atomic mass is 14.9. The zero-order valence-corrected chi connectivity index (χ0v) is 13.0. The Morgan fingerprint density at radius 1 is 0.947 bits per heavy atom. The second-order valence-corrected chi connectivity index (χ2v) is 5.79. The Morgan fingerprint density at radius 3 is 2.37 bits per heavy atom. The van der Waals surface area contributed by atoms with E-state index in [1.807, 2.05) is 12.4 Å². The molecule has 0 spiro atoms. The predicted molar refractivity (Wildman–Crippen MR) is 83.3 cm³/mol. The van der Waals surface area contributed by atoms with Gasteiger partial charge in [0.2, 0.25) is 0 Å². The van der Waals surface area contributed by atoms with E-state index >= 15 is 0 Å². The molecule has 0 fully saturated rings. The van der Waals surface area contributed by atoms with Crippen molar-refractivity contribution in [3.8, 4) is 0 Å². The van der Waals surface area contributed by atoms with Crippen LogP contribution in [0.5, 0.6) is 0 Å². The Labute approximate surface area is 119 Å². The lowest BCUT2D eigenvalue weighted by molar-refractivity contribution is 0.385. The fourth-order valence-corrected chi connectivity index (χ4v) is 2.74. The van der Waals surface area contributed by atoms with E-state index in [-0.39, 0.29) is 0 Å². The monoisotopic (exact) mass is 264 g/mol. The van der Waals surface area contributed by atoms with Gasteiger partial charge < -0.3 is 4.98 Å². The number of imidazole rings is 1. The van der Waals surface area contributed by atoms with Gasteiger partial charge in [0.05, 0.1) is 0 Å². The van der Waals surface area contributed by atoms with Crippen LogP contribution in [0.15, 0.2) is 12.4 Å². The lowest BCUT2D eigenvalue weighted by atomic mass is 9.91. The zero-order chi connectivity index (χ0) is 13.8. The summed E-state index contributed by atoms with van der Waals surface area (Å²) < 4.78 is 0. The molecule has 0 aliphatic rings. The van der Waals surface area contributed by atoms with Crippen molar-refractivity contribution in [1.82, 2.24) is 9.97 Å². The number of H-pyrrole nitrogens is 1. The minimum atomic E-state index is 0.909. The maximum Gasteiger partial charge on any atom is 0.106 e. The topological polar surface area (TPSA) is 28.7 Å². The van der Waals surface area contributed by atoms with E-state index in [9.17, 15) is 0 Å². The fraction of sp³-hybridized carbons (Fsp3) is 0.824. The van der Waals surface area contributed by atoms with Gasteiger partial charge in [-0.2, -0.15) is 0 Å². The van der Waals surface area contributed by atoms with Crippen molar-refractivity contribution in [3.05, 3.63) is 18.2 Å². The third-order valence-electron chi connectivity index (χ3n) is 4.03. The smallest absolute Gasteiger partial charge is 0.106 e. The molecule has 1 rings (SSSR count). The quantitative estimate of drug-likeness (QED) is 0.495. The number of unbranched alkanes of at least 4 members (excludes halogenated alkanes) is 5. The first-order valence-electron chi connectivity index (χ1n) is 8.35. The van der Waals surface area contributed by atoms with E-state index in [1.54, 1.807) is 0 Å². The molecule has 0 aliphatic carbocycles. The molecule has 0 aliphatic heterocycles. The minimum Gasteiger partial charge on any atom is -0.349 e. The van der Waals surface area contributed by atoms with Crippen LogP contribution in [-0.2, 0) is 6.42 Å². The molecule has 1 unspecified atom stereocenters. The van der Waals surface area contributed by atoms with Crippen molar-refractivity contribution < 1.29 is 0 Å². The van der Waals surface area contributed by atoms with Crippen LogP contribution in [0.25, 0.3) is 0 Å². The summed E-state index contributed by atoms with van der Waals surface area (Å²) in [4.78, 5) is 7.56. The maximum absolute atomic E-state index is 4.33. The van der Waals surface area contributed by atoms with Gasteiger partial charge in [-0.15, -0.1) is 0 Å². The van der Waals surface area contributed by atoms with Gasteiger partial charge >= 0.3 is 0 Å². The van der Waals surface area contributed by atoms with Gasteiger partial charge in [-0.25, -0.2) is 4.98 Å². The zero-order valence-electron chi connectivity index (χ0n) is 13.0. The van der Waals surface area contributed by atoms with E-state index in [1.165, 1.54) is 64.2 Å². The van der Waals surface area contributed by atoms with Crippen molar-refractivity contribution in [2.24, 2.45) is 5.92 Å². The van der Waals surface area contributed by atoms with Crippen molar-refractivity contribution in [3.63, 3.8) is 0 Å². The number of aromatic nitrogens is 2. The third-order valence-corrected chi connectivity index (χ3v) is 4.03. The summed E-state index contributed by atoms with van der Waals surface area (Å²) in [6.45, 7) is 4.58. The van der Waals surface area contributed by atoms with Crippen molar-refractivity contribution in [2.75, 3.05) is 0 Å². The molecule has 1 aromatic rings. The summed E-state index contributed by atoms with van der Waals surface area (Å²) in [7, 11) is 0. The molecule has 0 saturated carbocycles. The number of hydrogen-bond donors (Lipinski definition) is 1. The Balaban J connectivity index is 2.18. The molecule has 1 N–H and O–H groups in total. The second-order valence-electron chi connectivity index (χ2n) is 5.79. The maximum atomic E-state index is 4.33. The van der Waals surface area contributed by atoms with E-state index in [4.69, 9.17) is 0 Å². The van der Waals surface area contributed by atoms with E-state index in [0.717, 1.165) is 18.2 Å². The summed E-state index contributed by atoms with van der Waals surface area (Å²) in [5.41, 5.74) is 0. The Bertz CT molecular complexity index is 279. The lowest BCUT2D eigenvalue weighted by Gasteiger charge is -2.16. The van der Waals surface area contributed by atoms with E-state index in [2.05, 4.69) is 23.8 Å². The Hall–Kier alpha value is -0.790. The SMILES string of the molecule is CCCCCCCC(CCCC)CCc1ncc[nH]1. The van der Waals surface area contributed by atoms with Crippen LogP contribution >= 0.6 is 0 Å². The highest BCUT2D eigenvalue weighted by molar-refractivity contribution is 4.87. The average molecular weight is 264 g/mol. The molecule has 1 aromatic heterocycles. The van der Waals surface area contributed by atoms with Gasteiger partial charge in [0, 0.05) is 18.8 Å². The summed E-state index contributed by atoms with van der Waals surface area (Å²) in [5, 5.41) is 0. The summed E-state index contributed by atoms with van der Waals surface area (Å²) in [5.74, 6) is 2.07. The summed E-state index contributed by atoms with van der Waals surface area (Å²) >= 11 is 0. The largest absolute Gasteiger partial charge is 0.349 e. The van der Waals surface area contributed by atoms with Crippen LogP contribution in [-0.4, -0.2) is 9.97 Å². The standard InChI is InChI=1S/C17H32N2/c1-3-5-7-8-9-11-16(10-6-4-2)12-13-17-18-14-15-19-17/h14-16H,3-13H2,1-2H3,(H,18,19). The first-order chi connectivity index (χ1) is 9.36. The Morgan fingerprint density at radius 2 is 1.68 bits per heavy atom. The molecule has 1 atom stereocenters. The number of hydrogen-bond acceptors (Lipinski definition) is 1. The molecule has 0 bridgehead atoms. The molecule has 0 radical (unpaired) electrons. The van der Waals surface area contributed by atoms with E-state index in [0.29, 0.717) is 0 Å². The highest BCUT2D eigenvalue weighted by Crippen LogP contribution is 2.22. The Kier molecular flexibility index (Phi) is 9.48. The van der Waals surface area contributed by atoms with Crippen LogP contribution in [0.1, 0.15) is 83.9 Å². The number of nitrogens with zero attached hydrogens (tertiary/aromatic N) is 1. The normalized spacial score (nSPS) is 12.7. The molecule has 0 aromatic carbocycles.